The van der Waals surface area contributed by atoms with Gasteiger partial charge in [-0.15, -0.1) is 0 Å². The fourth-order valence-corrected chi connectivity index (χ4v) is 8.59. The van der Waals surface area contributed by atoms with Crippen molar-refractivity contribution in [2.45, 2.75) is 56.7 Å². The molecule has 0 aromatic heterocycles. The first-order valence-electron chi connectivity index (χ1n) is 19.0. The van der Waals surface area contributed by atoms with Crippen molar-refractivity contribution < 1.29 is 28.7 Å². The zero-order chi connectivity index (χ0) is 38.2. The third kappa shape index (κ3) is 7.61. The zero-order valence-corrected chi connectivity index (χ0v) is 31.1. The highest BCUT2D eigenvalue weighted by molar-refractivity contribution is 6.31. The van der Waals surface area contributed by atoms with E-state index < -0.39 is 29.7 Å². The van der Waals surface area contributed by atoms with Crippen LogP contribution in [0.15, 0.2) is 60.7 Å². The van der Waals surface area contributed by atoms with Crippen molar-refractivity contribution in [1.29, 1.82) is 5.26 Å². The lowest BCUT2D eigenvalue weighted by molar-refractivity contribution is -0.136. The Balaban J connectivity index is 0.755. The largest absolute Gasteiger partial charge is 0.490 e. The quantitative estimate of drug-likeness (QED) is 0.306. The molecule has 3 aromatic carbocycles. The van der Waals surface area contributed by atoms with Crippen LogP contribution in [0.5, 0.6) is 5.75 Å². The second-order valence-corrected chi connectivity index (χ2v) is 15.5. The van der Waals surface area contributed by atoms with Crippen molar-refractivity contribution in [2.75, 3.05) is 55.6 Å². The van der Waals surface area contributed by atoms with Crippen molar-refractivity contribution in [3.63, 3.8) is 0 Å². The van der Waals surface area contributed by atoms with Crippen LogP contribution in [0.4, 0.5) is 11.4 Å². The summed E-state index contributed by atoms with van der Waals surface area (Å²) in [4.78, 5) is 71.4. The summed E-state index contributed by atoms with van der Waals surface area (Å²) in [6.07, 6.45) is 3.56. The number of hydrogen-bond acceptors (Lipinski definition) is 10. The van der Waals surface area contributed by atoms with Crippen molar-refractivity contribution in [3.05, 3.63) is 87.9 Å². The lowest BCUT2D eigenvalue weighted by Gasteiger charge is -2.45. The predicted molar refractivity (Wildman–Crippen MR) is 204 cm³/mol. The Morgan fingerprint density at radius 1 is 0.836 bits per heavy atom. The van der Waals surface area contributed by atoms with Gasteiger partial charge in [0, 0.05) is 87.2 Å². The van der Waals surface area contributed by atoms with Gasteiger partial charge < -0.3 is 19.9 Å². The second-order valence-electron chi connectivity index (χ2n) is 15.1. The molecule has 5 aliphatic rings. The standard InChI is InChI=1S/C41H42ClN7O6/c42-35-20-32(9-3-27(35)21-43)55-31-10-4-28(5-11-31)44-38(51)26-1-6-29(7-2-26)47-17-15-46(16-18-47)22-25-23-48(24-25)30-8-12-33-34(19-30)41(54)49(40(33)53)36-13-14-37(50)45-39(36)52/h1-3,6-9,12,19-20,25,28,31,36H,4-5,10-11,13-18,22-24H2,(H,44,51)(H,45,50,52)/t28-,31-,36?. The molecule has 4 aliphatic heterocycles. The monoisotopic (exact) mass is 763 g/mol. The van der Waals surface area contributed by atoms with Gasteiger partial charge in [0.15, 0.2) is 0 Å². The van der Waals surface area contributed by atoms with Crippen molar-refractivity contribution >= 4 is 52.5 Å². The average molecular weight is 764 g/mol. The number of anilines is 2. The van der Waals surface area contributed by atoms with E-state index in [9.17, 15) is 24.0 Å². The minimum atomic E-state index is -0.971. The summed E-state index contributed by atoms with van der Waals surface area (Å²) in [6.45, 7) is 6.35. The lowest BCUT2D eigenvalue weighted by atomic mass is 9.92. The first-order chi connectivity index (χ1) is 26.6. The highest BCUT2D eigenvalue weighted by Gasteiger charge is 2.45. The molecular weight excluding hydrogens is 722 g/mol. The molecular formula is C41H42ClN7O6. The molecule has 3 aromatic rings. The Hall–Kier alpha value is -5.45. The Morgan fingerprint density at radius 2 is 1.55 bits per heavy atom. The SMILES string of the molecule is N#Cc1ccc(O[C@H]2CC[C@H](NC(=O)c3ccc(N4CCN(CC5CN(c6ccc7c(c6)C(=O)N(C6CCC(=O)NC6=O)C7=O)C5)CC4)cc3)CC2)cc1Cl. The van der Waals surface area contributed by atoms with Crippen molar-refractivity contribution in [3.8, 4) is 11.8 Å². The molecule has 1 aliphatic carbocycles. The number of amides is 5. The Morgan fingerprint density at radius 3 is 2.24 bits per heavy atom. The summed E-state index contributed by atoms with van der Waals surface area (Å²) in [5, 5.41) is 14.9. The molecule has 3 saturated heterocycles. The number of nitriles is 1. The molecule has 55 heavy (non-hydrogen) atoms. The van der Waals surface area contributed by atoms with Crippen LogP contribution in [-0.2, 0) is 9.59 Å². The number of rotatable bonds is 9. The first kappa shape index (κ1) is 36.5. The number of carbonyl (C=O) groups excluding carboxylic acids is 5. The lowest BCUT2D eigenvalue weighted by Crippen LogP contribution is -2.55. The van der Waals surface area contributed by atoms with Gasteiger partial charge in [0.05, 0.1) is 27.8 Å². The number of fused-ring (bicyclic) bond motifs is 1. The molecule has 1 saturated carbocycles. The zero-order valence-electron chi connectivity index (χ0n) is 30.3. The van der Waals surface area contributed by atoms with E-state index in [0.717, 1.165) is 87.8 Å². The van der Waals surface area contributed by atoms with E-state index in [1.54, 1.807) is 30.3 Å². The number of nitrogens with one attached hydrogen (secondary N) is 2. The molecule has 14 heteroatoms. The fourth-order valence-electron chi connectivity index (χ4n) is 8.38. The molecule has 1 atom stereocenters. The van der Waals surface area contributed by atoms with Crippen LogP contribution in [0.2, 0.25) is 5.02 Å². The van der Waals surface area contributed by atoms with Gasteiger partial charge in [-0.1, -0.05) is 11.6 Å². The number of nitrogens with zero attached hydrogens (tertiary/aromatic N) is 5. The fraction of sp³-hybridized carbons (Fsp3) is 0.415. The van der Waals surface area contributed by atoms with Crippen LogP contribution >= 0.6 is 11.6 Å². The van der Waals surface area contributed by atoms with Gasteiger partial charge in [-0.2, -0.15) is 5.26 Å². The van der Waals surface area contributed by atoms with Crippen LogP contribution < -0.4 is 25.2 Å². The highest BCUT2D eigenvalue weighted by Crippen LogP contribution is 2.34. The number of benzene rings is 3. The first-order valence-corrected chi connectivity index (χ1v) is 19.4. The third-order valence-electron chi connectivity index (χ3n) is 11.5. The van der Waals surface area contributed by atoms with Gasteiger partial charge in [-0.3, -0.25) is 39.1 Å². The molecule has 284 valence electrons. The predicted octanol–water partition coefficient (Wildman–Crippen LogP) is 3.99. The number of piperidine rings is 1. The summed E-state index contributed by atoms with van der Waals surface area (Å²) in [5.41, 5.74) is 3.65. The number of halogens is 1. The molecule has 0 radical (unpaired) electrons. The molecule has 0 spiro atoms. The maximum atomic E-state index is 13.2. The summed E-state index contributed by atoms with van der Waals surface area (Å²) in [7, 11) is 0. The minimum absolute atomic E-state index is 0.0424. The Labute approximate surface area is 324 Å². The molecule has 4 heterocycles. The molecule has 4 fully saturated rings. The average Bonchev–Trinajstić information content (AvgIpc) is 3.42. The van der Waals surface area contributed by atoms with Gasteiger partial charge in [0.1, 0.15) is 17.9 Å². The van der Waals surface area contributed by atoms with E-state index >= 15 is 0 Å². The van der Waals surface area contributed by atoms with Crippen molar-refractivity contribution in [1.82, 2.24) is 20.4 Å². The van der Waals surface area contributed by atoms with E-state index in [2.05, 4.69) is 31.4 Å². The summed E-state index contributed by atoms with van der Waals surface area (Å²) >= 11 is 6.15. The van der Waals surface area contributed by atoms with E-state index in [1.165, 1.54) is 0 Å². The smallest absolute Gasteiger partial charge is 0.262 e. The normalized spacial score (nSPS) is 23.2. The van der Waals surface area contributed by atoms with Gasteiger partial charge in [-0.05, 0) is 86.7 Å². The number of ether oxygens (including phenoxy) is 1. The molecule has 0 bridgehead atoms. The van der Waals surface area contributed by atoms with Crippen LogP contribution in [0.3, 0.4) is 0 Å². The van der Waals surface area contributed by atoms with Gasteiger partial charge >= 0.3 is 0 Å². The molecule has 2 N–H and O–H groups in total. The molecule has 5 amide bonds. The Kier molecular flexibility index (Phi) is 10.2. The molecule has 13 nitrogen and oxygen atoms in total. The highest BCUT2D eigenvalue weighted by atomic mass is 35.5. The maximum Gasteiger partial charge on any atom is 0.262 e. The number of hydrogen-bond donors (Lipinski definition) is 2. The summed E-state index contributed by atoms with van der Waals surface area (Å²) in [6, 6.07) is 19.4. The minimum Gasteiger partial charge on any atom is -0.490 e. The van der Waals surface area contributed by atoms with E-state index in [0.29, 0.717) is 38.9 Å². The van der Waals surface area contributed by atoms with Gasteiger partial charge in [0.25, 0.3) is 17.7 Å². The number of imide groups is 2. The maximum absolute atomic E-state index is 13.2. The summed E-state index contributed by atoms with van der Waals surface area (Å²) < 4.78 is 6.09. The van der Waals surface area contributed by atoms with Crippen molar-refractivity contribution in [2.24, 2.45) is 5.92 Å². The van der Waals surface area contributed by atoms with E-state index in [4.69, 9.17) is 21.6 Å². The molecule has 1 unspecified atom stereocenters. The molecule has 8 rings (SSSR count). The Bertz CT molecular complexity index is 2060. The van der Waals surface area contributed by atoms with Crippen LogP contribution in [0, 0.1) is 17.2 Å². The van der Waals surface area contributed by atoms with E-state index in [1.807, 2.05) is 30.3 Å². The third-order valence-corrected chi connectivity index (χ3v) is 11.8. The van der Waals surface area contributed by atoms with Crippen LogP contribution in [0.25, 0.3) is 0 Å². The summed E-state index contributed by atoms with van der Waals surface area (Å²) in [5.74, 6) is -0.911. The number of piperazine rings is 1. The van der Waals surface area contributed by atoms with Crippen LogP contribution in [0.1, 0.15) is 75.2 Å². The van der Waals surface area contributed by atoms with E-state index in [-0.39, 0.29) is 30.9 Å². The van der Waals surface area contributed by atoms with Gasteiger partial charge in [-0.25, -0.2) is 0 Å². The van der Waals surface area contributed by atoms with Crippen LogP contribution in [-0.4, -0.2) is 103 Å². The van der Waals surface area contributed by atoms with Gasteiger partial charge in [0.2, 0.25) is 11.8 Å². The number of carbonyl (C=O) groups is 5. The topological polar surface area (TPSA) is 155 Å². The second kappa shape index (κ2) is 15.4.